The van der Waals surface area contributed by atoms with Crippen molar-refractivity contribution in [3.05, 3.63) is 48.5 Å². The largest absolute Gasteiger partial charge is 0.372 e. The first-order valence-corrected chi connectivity index (χ1v) is 8.78. The fourth-order valence-electron chi connectivity index (χ4n) is 2.60. The van der Waals surface area contributed by atoms with E-state index in [9.17, 15) is 14.4 Å². The predicted molar refractivity (Wildman–Crippen MR) is 108 cm³/mol. The molecule has 7 nitrogen and oxygen atoms in total. The molecule has 142 valence electrons. The highest BCUT2D eigenvalue weighted by molar-refractivity contribution is 6.43. The Labute approximate surface area is 158 Å². The van der Waals surface area contributed by atoms with E-state index >= 15 is 0 Å². The summed E-state index contributed by atoms with van der Waals surface area (Å²) in [5.41, 5.74) is 2.54. The molecular weight excluding hydrogens is 344 g/mol. The van der Waals surface area contributed by atoms with Gasteiger partial charge in [0.15, 0.2) is 0 Å². The van der Waals surface area contributed by atoms with Crippen molar-refractivity contribution in [2.45, 2.75) is 20.8 Å². The molecule has 0 bridgehead atoms. The second kappa shape index (κ2) is 9.38. The maximum Gasteiger partial charge on any atom is 0.314 e. The molecule has 0 aliphatic heterocycles. The first-order chi connectivity index (χ1) is 12.9. The molecule has 0 aromatic heterocycles. The first kappa shape index (κ1) is 20.0. The zero-order valence-corrected chi connectivity index (χ0v) is 15.7. The second-order valence-corrected chi connectivity index (χ2v) is 5.89. The number of rotatable bonds is 6. The summed E-state index contributed by atoms with van der Waals surface area (Å²) in [6.45, 7) is 7.32. The van der Waals surface area contributed by atoms with E-state index in [0.717, 1.165) is 18.8 Å². The van der Waals surface area contributed by atoms with Gasteiger partial charge in [0.2, 0.25) is 5.91 Å². The van der Waals surface area contributed by atoms with Crippen LogP contribution in [0.5, 0.6) is 0 Å². The van der Waals surface area contributed by atoms with Crippen molar-refractivity contribution in [1.82, 2.24) is 0 Å². The van der Waals surface area contributed by atoms with E-state index in [-0.39, 0.29) is 5.91 Å². The number of anilines is 4. The van der Waals surface area contributed by atoms with E-state index in [4.69, 9.17) is 0 Å². The summed E-state index contributed by atoms with van der Waals surface area (Å²) in [5.74, 6) is -1.78. The second-order valence-electron chi connectivity index (χ2n) is 5.89. The molecule has 0 saturated heterocycles. The van der Waals surface area contributed by atoms with Gasteiger partial charge in [-0.3, -0.25) is 14.4 Å². The lowest BCUT2D eigenvalue weighted by molar-refractivity contribution is -0.132. The maximum absolute atomic E-state index is 12.1. The van der Waals surface area contributed by atoms with Gasteiger partial charge >= 0.3 is 11.8 Å². The van der Waals surface area contributed by atoms with Crippen molar-refractivity contribution in [2.75, 3.05) is 33.9 Å². The number of benzene rings is 2. The third-order valence-electron chi connectivity index (χ3n) is 3.90. The predicted octanol–water partition coefficient (Wildman–Crippen LogP) is 3.07. The molecule has 27 heavy (non-hydrogen) atoms. The van der Waals surface area contributed by atoms with Crippen LogP contribution in [0.3, 0.4) is 0 Å². The van der Waals surface area contributed by atoms with Crippen LogP contribution in [0, 0.1) is 0 Å². The maximum atomic E-state index is 12.1. The number of nitrogens with one attached hydrogen (secondary N) is 3. The minimum atomic E-state index is -0.789. The summed E-state index contributed by atoms with van der Waals surface area (Å²) < 4.78 is 0. The van der Waals surface area contributed by atoms with E-state index in [2.05, 4.69) is 34.7 Å². The molecule has 0 aliphatic carbocycles. The van der Waals surface area contributed by atoms with Crippen molar-refractivity contribution in [3.63, 3.8) is 0 Å². The summed E-state index contributed by atoms with van der Waals surface area (Å²) in [7, 11) is 0. The summed E-state index contributed by atoms with van der Waals surface area (Å²) in [6, 6.07) is 13.9. The van der Waals surface area contributed by atoms with E-state index in [0.29, 0.717) is 17.1 Å². The molecule has 2 aromatic rings. The van der Waals surface area contributed by atoms with Gasteiger partial charge in [-0.15, -0.1) is 0 Å². The Balaban J connectivity index is 1.97. The lowest BCUT2D eigenvalue weighted by atomic mass is 10.2. The van der Waals surface area contributed by atoms with E-state index < -0.39 is 11.8 Å². The highest BCUT2D eigenvalue weighted by Crippen LogP contribution is 2.18. The zero-order valence-electron chi connectivity index (χ0n) is 15.7. The molecule has 0 aliphatic rings. The number of amides is 3. The first-order valence-electron chi connectivity index (χ1n) is 8.78. The summed E-state index contributed by atoms with van der Waals surface area (Å²) in [5, 5.41) is 7.70. The Bertz CT molecular complexity index is 814. The van der Waals surface area contributed by atoms with Gasteiger partial charge in [-0.2, -0.15) is 0 Å². The zero-order chi connectivity index (χ0) is 19.8. The standard InChI is InChI=1S/C20H24N4O3/c1-4-24(5-2)18-11-9-15(10-12-18)22-19(26)20(27)23-17-8-6-7-16(13-17)21-14(3)25/h6-13H,4-5H2,1-3H3,(H,21,25)(H,22,26)(H,23,27). The average molecular weight is 368 g/mol. The molecule has 7 heteroatoms. The van der Waals surface area contributed by atoms with Crippen LogP contribution in [0.2, 0.25) is 0 Å². The molecule has 0 saturated carbocycles. The van der Waals surface area contributed by atoms with Crippen LogP contribution in [-0.4, -0.2) is 30.8 Å². The highest BCUT2D eigenvalue weighted by Gasteiger charge is 2.14. The minimum Gasteiger partial charge on any atom is -0.372 e. The molecule has 3 amide bonds. The Hall–Kier alpha value is -3.35. The molecule has 0 fully saturated rings. The summed E-state index contributed by atoms with van der Waals surface area (Å²) >= 11 is 0. The number of nitrogens with zero attached hydrogens (tertiary/aromatic N) is 1. The fourth-order valence-corrected chi connectivity index (χ4v) is 2.60. The number of hydrogen-bond acceptors (Lipinski definition) is 4. The topological polar surface area (TPSA) is 90.5 Å². The molecular formula is C20H24N4O3. The number of carbonyl (C=O) groups excluding carboxylic acids is 3. The molecule has 0 spiro atoms. The van der Waals surface area contributed by atoms with E-state index in [1.165, 1.54) is 6.92 Å². The quantitative estimate of drug-likeness (QED) is 0.684. The van der Waals surface area contributed by atoms with Crippen molar-refractivity contribution in [2.24, 2.45) is 0 Å². The van der Waals surface area contributed by atoms with Crippen LogP contribution in [0.25, 0.3) is 0 Å². The third kappa shape index (κ3) is 5.85. The van der Waals surface area contributed by atoms with Gasteiger partial charge in [-0.05, 0) is 56.3 Å². The average Bonchev–Trinajstić information content (AvgIpc) is 2.63. The van der Waals surface area contributed by atoms with Gasteiger partial charge in [0.25, 0.3) is 0 Å². The lowest BCUT2D eigenvalue weighted by Gasteiger charge is -2.21. The van der Waals surface area contributed by atoms with Crippen LogP contribution in [0.4, 0.5) is 22.7 Å². The van der Waals surface area contributed by atoms with Crippen LogP contribution in [0.1, 0.15) is 20.8 Å². The summed E-state index contributed by atoms with van der Waals surface area (Å²) in [4.78, 5) is 37.5. The Morgan fingerprint density at radius 3 is 1.81 bits per heavy atom. The smallest absolute Gasteiger partial charge is 0.314 e. The molecule has 0 unspecified atom stereocenters. The SMILES string of the molecule is CCN(CC)c1ccc(NC(=O)C(=O)Nc2cccc(NC(C)=O)c2)cc1. The fraction of sp³-hybridized carbons (Fsp3) is 0.250. The molecule has 3 N–H and O–H groups in total. The Morgan fingerprint density at radius 1 is 0.778 bits per heavy atom. The lowest BCUT2D eigenvalue weighted by Crippen LogP contribution is -2.29. The third-order valence-corrected chi connectivity index (χ3v) is 3.90. The molecule has 0 atom stereocenters. The van der Waals surface area contributed by atoms with Crippen LogP contribution >= 0.6 is 0 Å². The minimum absolute atomic E-state index is 0.218. The van der Waals surface area contributed by atoms with E-state index in [1.807, 2.05) is 12.1 Å². The van der Waals surface area contributed by atoms with Crippen molar-refractivity contribution in [1.29, 1.82) is 0 Å². The summed E-state index contributed by atoms with van der Waals surface area (Å²) in [6.07, 6.45) is 0. The van der Waals surface area contributed by atoms with E-state index in [1.54, 1.807) is 36.4 Å². The Kier molecular flexibility index (Phi) is 6.93. The van der Waals surface area contributed by atoms with Crippen LogP contribution in [0.15, 0.2) is 48.5 Å². The van der Waals surface area contributed by atoms with Gasteiger partial charge < -0.3 is 20.9 Å². The van der Waals surface area contributed by atoms with Gasteiger partial charge in [0.1, 0.15) is 0 Å². The molecule has 2 aromatic carbocycles. The molecule has 0 radical (unpaired) electrons. The Morgan fingerprint density at radius 2 is 1.30 bits per heavy atom. The normalized spacial score (nSPS) is 10.0. The number of hydrogen-bond donors (Lipinski definition) is 3. The van der Waals surface area contributed by atoms with Gasteiger partial charge in [0.05, 0.1) is 0 Å². The van der Waals surface area contributed by atoms with Gasteiger partial charge in [-0.1, -0.05) is 6.07 Å². The van der Waals surface area contributed by atoms with Crippen molar-refractivity contribution < 1.29 is 14.4 Å². The highest BCUT2D eigenvalue weighted by atomic mass is 16.2. The van der Waals surface area contributed by atoms with Crippen molar-refractivity contribution in [3.8, 4) is 0 Å². The molecule has 0 heterocycles. The van der Waals surface area contributed by atoms with Gasteiger partial charge in [0, 0.05) is 42.8 Å². The van der Waals surface area contributed by atoms with Crippen LogP contribution in [-0.2, 0) is 14.4 Å². The number of carbonyl (C=O) groups is 3. The monoisotopic (exact) mass is 368 g/mol. The molecule has 2 rings (SSSR count). The van der Waals surface area contributed by atoms with Crippen molar-refractivity contribution >= 4 is 40.5 Å². The van der Waals surface area contributed by atoms with Crippen LogP contribution < -0.4 is 20.9 Å². The van der Waals surface area contributed by atoms with Gasteiger partial charge in [-0.25, -0.2) is 0 Å².